The number of pyridine rings is 1. The van der Waals surface area contributed by atoms with Gasteiger partial charge in [0, 0.05) is 62.6 Å². The molecule has 3 heterocycles. The van der Waals surface area contributed by atoms with Crippen molar-refractivity contribution in [2.45, 2.75) is 49.4 Å². The Kier molecular flexibility index (Phi) is 4.67. The highest BCUT2D eigenvalue weighted by Crippen LogP contribution is 2.87. The van der Waals surface area contributed by atoms with Gasteiger partial charge in [-0.1, -0.05) is 0 Å². The van der Waals surface area contributed by atoms with Gasteiger partial charge in [0.1, 0.15) is 18.3 Å². The Hall–Kier alpha value is -2.20. The van der Waals surface area contributed by atoms with Gasteiger partial charge < -0.3 is 10.3 Å². The van der Waals surface area contributed by atoms with Gasteiger partial charge in [-0.15, -0.1) is 0 Å². The number of imidazole rings is 1. The number of fused-ring (bicyclic) bond motifs is 2. The molecule has 10 heteroatoms. The summed E-state index contributed by atoms with van der Waals surface area (Å²) in [5.41, 5.74) is 5.67. The van der Waals surface area contributed by atoms with Crippen LogP contribution in [0.2, 0.25) is 0 Å². The van der Waals surface area contributed by atoms with E-state index in [1.807, 2.05) is 6.20 Å². The standard InChI is InChI=1S/C25H30F4N6/c26-3-4-33-5-7-34(8-6-33)16-10-17-21-18(11-16)24(17,21)35-13-20(32-23(35)14-1-2-14)15-9-19(25(27,28)29)22(30)31-12-15/h9,12-14,16-18,21H,1-8,10-11H2,(H2,30,31)/t16?,17-,18?,21-,24+/m1/s1. The molecular formula is C25H30F4N6. The fraction of sp³-hybridized carbons (Fsp3) is 0.680. The highest BCUT2D eigenvalue weighted by Gasteiger charge is 2.89. The van der Waals surface area contributed by atoms with E-state index >= 15 is 0 Å². The third kappa shape index (κ3) is 3.28. The topological polar surface area (TPSA) is 63.2 Å². The predicted molar refractivity (Wildman–Crippen MR) is 122 cm³/mol. The molecule has 6 aliphatic rings. The number of halogens is 4. The van der Waals surface area contributed by atoms with Gasteiger partial charge in [-0.05, 0) is 49.5 Å². The maximum atomic E-state index is 13.4. The lowest BCUT2D eigenvalue weighted by molar-refractivity contribution is -0.137. The van der Waals surface area contributed by atoms with Gasteiger partial charge in [0.25, 0.3) is 0 Å². The number of rotatable bonds is 6. The Morgan fingerprint density at radius 3 is 2.43 bits per heavy atom. The molecule has 1 aliphatic heterocycles. The molecule has 0 aromatic carbocycles. The first-order chi connectivity index (χ1) is 16.8. The van der Waals surface area contributed by atoms with E-state index in [4.69, 9.17) is 10.7 Å². The Labute approximate surface area is 201 Å². The number of nitrogens with two attached hydrogens (primary N) is 1. The molecule has 2 aromatic heterocycles. The molecule has 0 amide bonds. The molecule has 2 aromatic rings. The molecule has 35 heavy (non-hydrogen) atoms. The number of hydrogen-bond donors (Lipinski definition) is 1. The molecule has 2 bridgehead atoms. The van der Waals surface area contributed by atoms with E-state index in [2.05, 4.69) is 19.4 Å². The van der Waals surface area contributed by atoms with E-state index in [-0.39, 0.29) is 12.2 Å². The SMILES string of the molecule is Nc1ncc(-c2cn([C@]34C5CC(N6CCN(CCF)CC6)C[C@@H]3[C@H]54)c(C3CC3)n2)cc1C(F)(F)F. The Bertz CT molecular complexity index is 1140. The van der Waals surface area contributed by atoms with Crippen molar-refractivity contribution in [3.8, 4) is 11.3 Å². The zero-order valence-electron chi connectivity index (χ0n) is 19.5. The summed E-state index contributed by atoms with van der Waals surface area (Å²) in [6.45, 7) is 4.16. The van der Waals surface area contributed by atoms with Crippen LogP contribution in [0.1, 0.15) is 43.0 Å². The van der Waals surface area contributed by atoms with Crippen molar-refractivity contribution in [3.05, 3.63) is 29.8 Å². The van der Waals surface area contributed by atoms with Crippen LogP contribution in [0, 0.1) is 17.8 Å². The molecule has 188 valence electrons. The second kappa shape index (κ2) is 7.41. The van der Waals surface area contributed by atoms with Crippen LogP contribution in [0.25, 0.3) is 11.3 Å². The van der Waals surface area contributed by atoms with Gasteiger partial charge in [-0.2, -0.15) is 13.2 Å². The summed E-state index contributed by atoms with van der Waals surface area (Å²) >= 11 is 0. The van der Waals surface area contributed by atoms with Crippen molar-refractivity contribution >= 4 is 5.82 Å². The summed E-state index contributed by atoms with van der Waals surface area (Å²) in [5, 5.41) is 0. The van der Waals surface area contributed by atoms with E-state index in [0.29, 0.717) is 47.5 Å². The smallest absolute Gasteiger partial charge is 0.383 e. The zero-order valence-corrected chi connectivity index (χ0v) is 19.5. The first-order valence-corrected chi connectivity index (χ1v) is 12.8. The molecule has 0 radical (unpaired) electrons. The average molecular weight is 491 g/mol. The maximum absolute atomic E-state index is 13.4. The monoisotopic (exact) mass is 490 g/mol. The molecule has 6 nitrogen and oxygen atoms in total. The third-order valence-corrected chi connectivity index (χ3v) is 9.36. The fourth-order valence-corrected chi connectivity index (χ4v) is 7.39. The van der Waals surface area contributed by atoms with Crippen LogP contribution >= 0.6 is 0 Å². The first-order valence-electron chi connectivity index (χ1n) is 12.8. The molecule has 2 N–H and O–H groups in total. The second-order valence-corrected chi connectivity index (χ2v) is 11.1. The minimum Gasteiger partial charge on any atom is -0.383 e. The van der Waals surface area contributed by atoms with Gasteiger partial charge in [0.15, 0.2) is 0 Å². The third-order valence-electron chi connectivity index (χ3n) is 9.36. The van der Waals surface area contributed by atoms with Crippen LogP contribution in [0.3, 0.4) is 0 Å². The number of piperazine rings is 1. The van der Waals surface area contributed by atoms with Crippen molar-refractivity contribution < 1.29 is 17.6 Å². The lowest BCUT2D eigenvalue weighted by Crippen LogP contribution is -2.53. The predicted octanol–water partition coefficient (Wildman–Crippen LogP) is 3.74. The van der Waals surface area contributed by atoms with Gasteiger partial charge >= 0.3 is 6.18 Å². The minimum absolute atomic E-state index is 0.129. The Morgan fingerprint density at radius 2 is 1.80 bits per heavy atom. The van der Waals surface area contributed by atoms with Crippen molar-refractivity contribution in [1.29, 1.82) is 0 Å². The van der Waals surface area contributed by atoms with Crippen molar-refractivity contribution in [3.63, 3.8) is 0 Å². The maximum Gasteiger partial charge on any atom is 0.419 e. The van der Waals surface area contributed by atoms with Gasteiger partial charge in [-0.25, -0.2) is 14.4 Å². The number of nitrogens with zero attached hydrogens (tertiary/aromatic N) is 5. The van der Waals surface area contributed by atoms with Crippen LogP contribution in [0.5, 0.6) is 0 Å². The van der Waals surface area contributed by atoms with Crippen LogP contribution in [0.15, 0.2) is 18.5 Å². The highest BCUT2D eigenvalue weighted by molar-refractivity contribution is 5.63. The summed E-state index contributed by atoms with van der Waals surface area (Å²) in [6, 6.07) is 1.67. The summed E-state index contributed by atoms with van der Waals surface area (Å²) in [7, 11) is 0. The molecule has 1 saturated heterocycles. The number of hydrogen-bond acceptors (Lipinski definition) is 5. The number of anilines is 1. The van der Waals surface area contributed by atoms with E-state index in [0.717, 1.165) is 50.9 Å². The van der Waals surface area contributed by atoms with E-state index < -0.39 is 17.6 Å². The normalized spacial score (nSPS) is 34.6. The summed E-state index contributed by atoms with van der Waals surface area (Å²) < 4.78 is 55.3. The second-order valence-electron chi connectivity index (χ2n) is 11.1. The average Bonchev–Trinajstić information content (AvgIpc) is 3.79. The lowest BCUT2D eigenvalue weighted by atomic mass is 9.81. The largest absolute Gasteiger partial charge is 0.419 e. The quantitative estimate of drug-likeness (QED) is 0.625. The minimum atomic E-state index is -4.55. The highest BCUT2D eigenvalue weighted by atomic mass is 19.4. The molecule has 6 fully saturated rings. The molecule has 5 saturated carbocycles. The van der Waals surface area contributed by atoms with Crippen LogP contribution < -0.4 is 5.73 Å². The molecule has 5 aliphatic carbocycles. The first kappa shape index (κ1) is 22.0. The van der Waals surface area contributed by atoms with Gasteiger partial charge in [0.05, 0.1) is 16.8 Å². The molecular weight excluding hydrogens is 460 g/mol. The van der Waals surface area contributed by atoms with Gasteiger partial charge in [0.2, 0.25) is 0 Å². The summed E-state index contributed by atoms with van der Waals surface area (Å²) in [6.07, 6.45) is 3.37. The van der Waals surface area contributed by atoms with Gasteiger partial charge in [-0.3, -0.25) is 9.80 Å². The van der Waals surface area contributed by atoms with Crippen LogP contribution in [-0.4, -0.2) is 69.8 Å². The number of aromatic nitrogens is 3. The van der Waals surface area contributed by atoms with Crippen LogP contribution in [0.4, 0.5) is 23.4 Å². The zero-order chi connectivity index (χ0) is 24.1. The lowest BCUT2D eigenvalue weighted by Gasteiger charge is -2.43. The molecule has 8 rings (SSSR count). The fourth-order valence-electron chi connectivity index (χ4n) is 7.39. The van der Waals surface area contributed by atoms with Crippen LogP contribution in [-0.2, 0) is 11.7 Å². The van der Waals surface area contributed by atoms with Crippen molar-refractivity contribution in [2.75, 3.05) is 45.1 Å². The Balaban J connectivity index is 1.12. The number of nitrogen functional groups attached to an aromatic ring is 1. The van der Waals surface area contributed by atoms with E-state index in [1.54, 1.807) is 0 Å². The van der Waals surface area contributed by atoms with Crippen molar-refractivity contribution in [1.82, 2.24) is 24.3 Å². The van der Waals surface area contributed by atoms with Crippen molar-refractivity contribution in [2.24, 2.45) is 17.8 Å². The molecule has 0 spiro atoms. The van der Waals surface area contributed by atoms with E-state index in [1.165, 1.54) is 19.0 Å². The Morgan fingerprint density at radius 1 is 1.09 bits per heavy atom. The van der Waals surface area contributed by atoms with E-state index in [9.17, 15) is 17.6 Å². The molecule has 2 unspecified atom stereocenters. The molecule has 5 atom stereocenters. The number of alkyl halides is 4. The summed E-state index contributed by atoms with van der Waals surface area (Å²) in [5.74, 6) is 2.89. The summed E-state index contributed by atoms with van der Waals surface area (Å²) in [4.78, 5) is 13.5.